The Bertz CT molecular complexity index is 643. The second-order valence-electron chi connectivity index (χ2n) is 4.90. The van der Waals surface area contributed by atoms with E-state index in [0.29, 0.717) is 18.8 Å². The quantitative estimate of drug-likeness (QED) is 0.876. The molecule has 114 valence electrons. The fraction of sp³-hybridized carbons (Fsp3) is 0.250. The summed E-state index contributed by atoms with van der Waals surface area (Å²) in [7, 11) is 0. The number of amides is 2. The molecule has 2 amide bonds. The van der Waals surface area contributed by atoms with E-state index < -0.39 is 6.04 Å². The standard InChI is InChI=1S/C16H16N2O2S2/c19-14(11-22-12-5-2-1-3-6-12)18-9-8-17-16(20)15(18)13-7-4-10-21-13/h1-7,10,15H,8-9,11H2,(H,17,20)/t15-/m0/s1. The zero-order valence-corrected chi connectivity index (χ0v) is 13.5. The van der Waals surface area contributed by atoms with E-state index in [1.165, 1.54) is 23.1 Å². The summed E-state index contributed by atoms with van der Waals surface area (Å²) in [5.74, 6) is 0.257. The summed E-state index contributed by atoms with van der Waals surface area (Å²) in [5, 5.41) is 4.78. The van der Waals surface area contributed by atoms with Crippen molar-refractivity contribution in [2.45, 2.75) is 10.9 Å². The van der Waals surface area contributed by atoms with E-state index in [1.807, 2.05) is 47.8 Å². The molecule has 4 nitrogen and oxygen atoms in total. The largest absolute Gasteiger partial charge is 0.352 e. The highest BCUT2D eigenvalue weighted by atomic mass is 32.2. The van der Waals surface area contributed by atoms with Crippen LogP contribution >= 0.6 is 23.1 Å². The molecule has 1 atom stereocenters. The summed E-state index contributed by atoms with van der Waals surface area (Å²) in [6, 6.07) is 13.2. The average Bonchev–Trinajstić information content (AvgIpc) is 3.07. The van der Waals surface area contributed by atoms with Gasteiger partial charge in [-0.15, -0.1) is 23.1 Å². The highest BCUT2D eigenvalue weighted by Gasteiger charge is 2.34. The second kappa shape index (κ2) is 6.98. The zero-order valence-electron chi connectivity index (χ0n) is 11.9. The van der Waals surface area contributed by atoms with E-state index in [0.717, 1.165) is 9.77 Å². The van der Waals surface area contributed by atoms with Crippen LogP contribution in [0.25, 0.3) is 0 Å². The van der Waals surface area contributed by atoms with Crippen molar-refractivity contribution < 1.29 is 9.59 Å². The lowest BCUT2D eigenvalue weighted by atomic mass is 10.1. The van der Waals surface area contributed by atoms with Gasteiger partial charge in [0, 0.05) is 22.9 Å². The maximum Gasteiger partial charge on any atom is 0.248 e. The maximum absolute atomic E-state index is 12.6. The number of thiophene rings is 1. The van der Waals surface area contributed by atoms with Gasteiger partial charge in [0.2, 0.25) is 11.8 Å². The number of rotatable bonds is 4. The Kier molecular flexibility index (Phi) is 4.80. The Labute approximate surface area is 137 Å². The van der Waals surface area contributed by atoms with Gasteiger partial charge in [-0.1, -0.05) is 24.3 Å². The van der Waals surface area contributed by atoms with Crippen LogP contribution in [0.3, 0.4) is 0 Å². The van der Waals surface area contributed by atoms with Gasteiger partial charge in [-0.25, -0.2) is 0 Å². The third kappa shape index (κ3) is 3.34. The number of hydrogen-bond acceptors (Lipinski definition) is 4. The lowest BCUT2D eigenvalue weighted by Crippen LogP contribution is -2.52. The molecule has 2 heterocycles. The monoisotopic (exact) mass is 332 g/mol. The second-order valence-corrected chi connectivity index (χ2v) is 6.93. The molecule has 0 saturated carbocycles. The highest BCUT2D eigenvalue weighted by molar-refractivity contribution is 8.00. The summed E-state index contributed by atoms with van der Waals surface area (Å²) >= 11 is 3.01. The summed E-state index contributed by atoms with van der Waals surface area (Å²) in [6.07, 6.45) is 0. The Hall–Kier alpha value is -1.79. The fourth-order valence-electron chi connectivity index (χ4n) is 2.41. The van der Waals surface area contributed by atoms with E-state index in [4.69, 9.17) is 0 Å². The average molecular weight is 332 g/mol. The van der Waals surface area contributed by atoms with Gasteiger partial charge in [0.1, 0.15) is 6.04 Å². The van der Waals surface area contributed by atoms with E-state index >= 15 is 0 Å². The molecule has 22 heavy (non-hydrogen) atoms. The molecule has 1 aromatic carbocycles. The number of thioether (sulfide) groups is 1. The predicted molar refractivity (Wildman–Crippen MR) is 88.9 cm³/mol. The van der Waals surface area contributed by atoms with Gasteiger partial charge in [-0.2, -0.15) is 0 Å². The van der Waals surface area contributed by atoms with Gasteiger partial charge < -0.3 is 10.2 Å². The molecule has 0 aliphatic carbocycles. The zero-order chi connectivity index (χ0) is 15.4. The van der Waals surface area contributed by atoms with Crippen LogP contribution in [-0.4, -0.2) is 35.6 Å². The Morgan fingerprint density at radius 3 is 2.82 bits per heavy atom. The van der Waals surface area contributed by atoms with E-state index in [1.54, 1.807) is 4.90 Å². The minimum Gasteiger partial charge on any atom is -0.352 e. The molecular weight excluding hydrogens is 316 g/mol. The lowest BCUT2D eigenvalue weighted by molar-refractivity contribution is -0.141. The number of carbonyl (C=O) groups is 2. The molecule has 1 aliphatic heterocycles. The van der Waals surface area contributed by atoms with Crippen molar-refractivity contribution >= 4 is 34.9 Å². The van der Waals surface area contributed by atoms with Crippen molar-refractivity contribution in [1.82, 2.24) is 10.2 Å². The van der Waals surface area contributed by atoms with Gasteiger partial charge in [0.05, 0.1) is 5.75 Å². The summed E-state index contributed by atoms with van der Waals surface area (Å²) in [6.45, 7) is 1.07. The number of nitrogens with one attached hydrogen (secondary N) is 1. The molecule has 1 N–H and O–H groups in total. The molecule has 1 saturated heterocycles. The van der Waals surface area contributed by atoms with Crippen LogP contribution in [-0.2, 0) is 9.59 Å². The summed E-state index contributed by atoms with van der Waals surface area (Å²) in [4.78, 5) is 28.4. The Morgan fingerprint density at radius 2 is 2.09 bits per heavy atom. The number of hydrogen-bond donors (Lipinski definition) is 1. The third-order valence-corrected chi connectivity index (χ3v) is 5.37. The first-order valence-electron chi connectivity index (χ1n) is 7.04. The molecule has 3 rings (SSSR count). The van der Waals surface area contributed by atoms with Crippen molar-refractivity contribution in [2.24, 2.45) is 0 Å². The van der Waals surface area contributed by atoms with Crippen LogP contribution in [0.5, 0.6) is 0 Å². The smallest absolute Gasteiger partial charge is 0.248 e. The van der Waals surface area contributed by atoms with E-state index in [9.17, 15) is 9.59 Å². The van der Waals surface area contributed by atoms with Crippen LogP contribution in [0, 0.1) is 0 Å². The topological polar surface area (TPSA) is 49.4 Å². The normalized spacial score (nSPS) is 18.1. The minimum absolute atomic E-state index is 0.00195. The van der Waals surface area contributed by atoms with Gasteiger partial charge in [-0.3, -0.25) is 9.59 Å². The van der Waals surface area contributed by atoms with Crippen molar-refractivity contribution in [3.05, 3.63) is 52.7 Å². The lowest BCUT2D eigenvalue weighted by Gasteiger charge is -2.34. The Balaban J connectivity index is 1.70. The third-order valence-electron chi connectivity index (χ3n) is 3.45. The van der Waals surface area contributed by atoms with Gasteiger partial charge in [0.25, 0.3) is 0 Å². The van der Waals surface area contributed by atoms with Crippen LogP contribution in [0.4, 0.5) is 0 Å². The van der Waals surface area contributed by atoms with E-state index in [-0.39, 0.29) is 11.8 Å². The predicted octanol–water partition coefficient (Wildman–Crippen LogP) is 2.54. The van der Waals surface area contributed by atoms with Crippen molar-refractivity contribution in [3.63, 3.8) is 0 Å². The molecule has 1 aromatic heterocycles. The van der Waals surface area contributed by atoms with Crippen molar-refractivity contribution in [3.8, 4) is 0 Å². The number of nitrogens with zero attached hydrogens (tertiary/aromatic N) is 1. The first-order valence-corrected chi connectivity index (χ1v) is 8.90. The van der Waals surface area contributed by atoms with Crippen LogP contribution in [0.1, 0.15) is 10.9 Å². The molecule has 0 unspecified atom stereocenters. The minimum atomic E-state index is -0.488. The SMILES string of the molecule is O=C1NCCN(C(=O)CSc2ccccc2)[C@H]1c1cccs1. The fourth-order valence-corrected chi connectivity index (χ4v) is 4.05. The molecule has 1 aliphatic rings. The molecule has 2 aromatic rings. The van der Waals surface area contributed by atoms with Gasteiger partial charge in [0.15, 0.2) is 0 Å². The molecule has 0 radical (unpaired) electrons. The molecule has 6 heteroatoms. The Morgan fingerprint density at radius 1 is 1.27 bits per heavy atom. The first kappa shape index (κ1) is 15.1. The molecule has 0 spiro atoms. The summed E-state index contributed by atoms with van der Waals surface area (Å²) in [5.41, 5.74) is 0. The molecular formula is C16H16N2O2S2. The molecule has 0 bridgehead atoms. The number of benzene rings is 1. The number of carbonyl (C=O) groups excluding carboxylic acids is 2. The van der Waals surface area contributed by atoms with Crippen LogP contribution in [0.2, 0.25) is 0 Å². The number of piperazine rings is 1. The van der Waals surface area contributed by atoms with Gasteiger partial charge >= 0.3 is 0 Å². The summed E-state index contributed by atoms with van der Waals surface area (Å²) < 4.78 is 0. The highest BCUT2D eigenvalue weighted by Crippen LogP contribution is 2.28. The van der Waals surface area contributed by atoms with Crippen LogP contribution in [0.15, 0.2) is 52.7 Å². The maximum atomic E-state index is 12.6. The molecule has 1 fully saturated rings. The van der Waals surface area contributed by atoms with Crippen LogP contribution < -0.4 is 5.32 Å². The van der Waals surface area contributed by atoms with Crippen molar-refractivity contribution in [1.29, 1.82) is 0 Å². The van der Waals surface area contributed by atoms with Crippen molar-refractivity contribution in [2.75, 3.05) is 18.8 Å². The van der Waals surface area contributed by atoms with E-state index in [2.05, 4.69) is 5.32 Å². The van der Waals surface area contributed by atoms with Gasteiger partial charge in [-0.05, 0) is 23.6 Å². The first-order chi connectivity index (χ1) is 10.8.